The number of rotatable bonds is 12. The van der Waals surface area contributed by atoms with E-state index in [9.17, 15) is 17.1 Å². The van der Waals surface area contributed by atoms with Crippen LogP contribution in [-0.4, -0.2) is 26.9 Å². The van der Waals surface area contributed by atoms with E-state index in [1.165, 1.54) is 58.5 Å². The van der Waals surface area contributed by atoms with Crippen LogP contribution in [0.15, 0.2) is 54.6 Å². The van der Waals surface area contributed by atoms with E-state index in [0.717, 1.165) is 12.4 Å². The maximum atomic E-state index is 9.91. The van der Waals surface area contributed by atoms with Gasteiger partial charge in [0.15, 0.2) is 7.14 Å². The van der Waals surface area contributed by atoms with Gasteiger partial charge in [0.25, 0.3) is 0 Å². The van der Waals surface area contributed by atoms with Gasteiger partial charge in [-0.05, 0) is 90.2 Å². The third-order valence-corrected chi connectivity index (χ3v) is 7.74. The molecule has 2 aromatic carbocycles. The summed E-state index contributed by atoms with van der Waals surface area (Å²) in [6, 6.07) is 19.5. The van der Waals surface area contributed by atoms with E-state index < -0.39 is 41.5 Å². The molecule has 0 radical (unpaired) electrons. The molecule has 0 aliphatic rings. The summed E-state index contributed by atoms with van der Waals surface area (Å²) in [5.74, 6) is 19.7. The van der Waals surface area contributed by atoms with Gasteiger partial charge in [-0.1, -0.05) is 70.1 Å². The Morgan fingerprint density at radius 3 is 1.70 bits per heavy atom. The number of unbranched alkanes of at least 4 members (excludes halogenated alkanes) is 7. The van der Waals surface area contributed by atoms with Gasteiger partial charge in [0.2, 0.25) is 21.2 Å². The second-order valence-corrected chi connectivity index (χ2v) is 15.7. The molecule has 0 saturated carbocycles. The number of ether oxygens (including phenoxy) is 1. The van der Waals surface area contributed by atoms with Crippen LogP contribution in [0.2, 0.25) is 0 Å². The molecular formula is C32H31F6I2O2Sb. The van der Waals surface area contributed by atoms with Crippen LogP contribution in [0, 0.1) is 64.9 Å². The van der Waals surface area contributed by atoms with Crippen molar-refractivity contribution in [2.75, 3.05) is 6.61 Å². The Hall–Kier alpha value is -2.30. The molecule has 2 nitrogen and oxygen atoms in total. The van der Waals surface area contributed by atoms with E-state index >= 15 is 0 Å². The summed E-state index contributed by atoms with van der Waals surface area (Å²) < 4.78 is 70.6. The van der Waals surface area contributed by atoms with E-state index in [-0.39, 0.29) is 25.9 Å². The molecule has 2 aromatic rings. The Morgan fingerprint density at radius 1 is 0.721 bits per heavy atom. The molecule has 0 atom stereocenters. The molecule has 0 aliphatic heterocycles. The Balaban J connectivity index is 0. The van der Waals surface area contributed by atoms with Crippen LogP contribution in [0.25, 0.3) is 0 Å². The third kappa shape index (κ3) is 35.8. The van der Waals surface area contributed by atoms with Crippen LogP contribution in [0.4, 0.5) is 14.1 Å². The van der Waals surface area contributed by atoms with Crippen molar-refractivity contribution < 1.29 is 47.8 Å². The SMILES string of the molecule is C#CC#CC#CC#CC#CI=O.CCCCCCCCCCOc1ccc([I+]c2ccccc2)cc1.[F-].[F][Sb]([F])([F])([F])[F]. The molecule has 0 saturated heterocycles. The predicted molar refractivity (Wildman–Crippen MR) is 164 cm³/mol. The molecule has 0 unspecified atom stereocenters. The van der Waals surface area contributed by atoms with E-state index in [1.807, 2.05) is 0 Å². The number of halogens is 8. The second-order valence-electron chi connectivity index (χ2n) is 8.00. The zero-order chi connectivity index (χ0) is 31.4. The van der Waals surface area contributed by atoms with Crippen LogP contribution >= 0.6 is 21.2 Å². The molecule has 0 fully saturated rings. The first-order chi connectivity index (χ1) is 20.0. The summed E-state index contributed by atoms with van der Waals surface area (Å²) in [6.07, 6.45) is 15.6. The van der Waals surface area contributed by atoms with Gasteiger partial charge in [0.05, 0.1) is 6.61 Å². The van der Waals surface area contributed by atoms with Gasteiger partial charge in [-0.15, -0.1) is 6.42 Å². The molecule has 2 rings (SSSR count). The predicted octanol–water partition coefficient (Wildman–Crippen LogP) is 2.97. The zero-order valence-electron chi connectivity index (χ0n) is 23.4. The first-order valence-corrected chi connectivity index (χ1v) is 21.7. The summed E-state index contributed by atoms with van der Waals surface area (Å²) >= 11 is -10.5. The van der Waals surface area contributed by atoms with E-state index in [2.05, 4.69) is 113 Å². The fraction of sp³-hybridized carbons (Fsp3) is 0.312. The first kappa shape index (κ1) is 42.8. The van der Waals surface area contributed by atoms with Crippen molar-refractivity contribution in [1.82, 2.24) is 0 Å². The molecule has 0 aromatic heterocycles. The first-order valence-electron chi connectivity index (χ1n) is 12.8. The number of hydrogen-bond donors (Lipinski definition) is 0. The van der Waals surface area contributed by atoms with Crippen LogP contribution in [0.5, 0.6) is 5.75 Å². The van der Waals surface area contributed by atoms with Gasteiger partial charge < -0.3 is 9.44 Å². The number of benzene rings is 2. The summed E-state index contributed by atoms with van der Waals surface area (Å²) in [6.45, 7) is 3.12. The van der Waals surface area contributed by atoms with Crippen molar-refractivity contribution in [2.45, 2.75) is 58.3 Å². The molecule has 0 heterocycles. The minimum absolute atomic E-state index is 0. The summed E-state index contributed by atoms with van der Waals surface area (Å²) in [5.41, 5.74) is 0. The van der Waals surface area contributed by atoms with E-state index in [4.69, 9.17) is 11.2 Å². The Kier molecular flexibility index (Phi) is 27.2. The van der Waals surface area contributed by atoms with Crippen LogP contribution < -0.4 is 30.6 Å². The molecule has 0 spiro atoms. The van der Waals surface area contributed by atoms with Crippen LogP contribution in [-0.2, 0) is 3.07 Å². The number of hydrogen-bond acceptors (Lipinski definition) is 2. The molecule has 0 amide bonds. The van der Waals surface area contributed by atoms with Gasteiger partial charge in [-0.25, -0.2) is 0 Å². The molecule has 43 heavy (non-hydrogen) atoms. The van der Waals surface area contributed by atoms with Crippen molar-refractivity contribution >= 4 is 41.5 Å². The van der Waals surface area contributed by atoms with Gasteiger partial charge in [0.1, 0.15) is 5.75 Å². The molecule has 0 bridgehead atoms. The third-order valence-electron chi connectivity index (χ3n) is 4.56. The molecule has 11 heteroatoms. The molecule has 232 valence electrons. The minimum atomic E-state index is -9.19. The fourth-order valence-electron chi connectivity index (χ4n) is 2.86. The van der Waals surface area contributed by atoms with E-state index in [1.54, 1.807) is 0 Å². The summed E-state index contributed by atoms with van der Waals surface area (Å²) in [5, 5.41) is 0. The monoisotopic (exact) mass is 936 g/mol. The van der Waals surface area contributed by atoms with Crippen LogP contribution in [0.3, 0.4) is 0 Å². The van der Waals surface area contributed by atoms with Crippen molar-refractivity contribution in [3.8, 4) is 63.5 Å². The zero-order valence-corrected chi connectivity index (χ0v) is 30.3. The summed E-state index contributed by atoms with van der Waals surface area (Å²) in [4.78, 5) is 0. The van der Waals surface area contributed by atoms with Crippen molar-refractivity contribution in [2.24, 2.45) is 0 Å². The van der Waals surface area contributed by atoms with Gasteiger partial charge in [-0.3, -0.25) is 3.07 Å². The Labute approximate surface area is 277 Å². The summed E-state index contributed by atoms with van der Waals surface area (Å²) in [7, 11) is 0. The average Bonchev–Trinajstić information content (AvgIpc) is 2.94. The van der Waals surface area contributed by atoms with E-state index in [0.29, 0.717) is 0 Å². The van der Waals surface area contributed by atoms with Crippen molar-refractivity contribution in [3.63, 3.8) is 0 Å². The normalized spacial score (nSPS) is 9.84. The fourth-order valence-corrected chi connectivity index (χ4v) is 5.32. The Bertz CT molecular complexity index is 1320. The molecule has 0 aliphatic carbocycles. The topological polar surface area (TPSA) is 26.3 Å². The van der Waals surface area contributed by atoms with Gasteiger partial charge in [0, 0.05) is 3.93 Å². The van der Waals surface area contributed by atoms with Gasteiger partial charge in [-0.2, -0.15) is 0 Å². The van der Waals surface area contributed by atoms with Crippen LogP contribution in [0.1, 0.15) is 58.3 Å². The average molecular weight is 937 g/mol. The second kappa shape index (κ2) is 27.3. The molecular weight excluding hydrogens is 906 g/mol. The van der Waals surface area contributed by atoms with Crippen molar-refractivity contribution in [3.05, 3.63) is 61.7 Å². The standard InChI is InChI=1S/C22H30IO.C10HIO.6FH.Sb/c1-2-3-4-5-6-7-8-12-19-24-22-17-15-21(16-18-22)23-20-13-10-9-11-14-20;1-2-3-4-5-6-7-8-9-10-11-12;;;;;;;/h9-11,13-18H,2-8,12,19H2,1H3;1H;6*1H;/q+1;;;;;;;;+5/p-6. The Morgan fingerprint density at radius 2 is 1.19 bits per heavy atom. The van der Waals surface area contributed by atoms with Gasteiger partial charge >= 0.3 is 55.6 Å². The number of terminal acetylenes is 1. The maximum absolute atomic E-state index is 9.91. The molecule has 0 N–H and O–H groups in total. The quantitative estimate of drug-likeness (QED) is 0.108. The van der Waals surface area contributed by atoms with Crippen molar-refractivity contribution in [1.29, 1.82) is 0 Å².